The highest BCUT2D eigenvalue weighted by Crippen LogP contribution is 2.25. The van der Waals surface area contributed by atoms with E-state index in [9.17, 15) is 4.79 Å². The van der Waals surface area contributed by atoms with E-state index in [0.29, 0.717) is 6.54 Å². The summed E-state index contributed by atoms with van der Waals surface area (Å²) in [6.45, 7) is 3.47. The zero-order valence-corrected chi connectivity index (χ0v) is 11.7. The fourth-order valence-electron chi connectivity index (χ4n) is 2.83. The number of hydrogen-bond donors (Lipinski definition) is 2. The molecule has 1 aromatic carbocycles. The standard InChI is InChI=1S/C15H20N4O/c1-2-3-4-13-9-16-10-15(20)19(13)12-5-6-14-11(7-12)8-17-18-14/h5-8,13,16H,2-4,9-10H2,1H3,(H,17,18). The van der Waals surface area contributed by atoms with Crippen LogP contribution < -0.4 is 10.2 Å². The molecular formula is C15H20N4O. The molecule has 1 aliphatic heterocycles. The Morgan fingerprint density at radius 3 is 3.20 bits per heavy atom. The first-order valence-corrected chi connectivity index (χ1v) is 7.25. The molecule has 20 heavy (non-hydrogen) atoms. The molecule has 0 saturated carbocycles. The van der Waals surface area contributed by atoms with Crippen LogP contribution in [0.2, 0.25) is 0 Å². The first-order valence-electron chi connectivity index (χ1n) is 7.25. The molecule has 2 heterocycles. The van der Waals surface area contributed by atoms with Gasteiger partial charge in [-0.1, -0.05) is 19.8 Å². The number of nitrogens with one attached hydrogen (secondary N) is 2. The smallest absolute Gasteiger partial charge is 0.241 e. The monoisotopic (exact) mass is 272 g/mol. The summed E-state index contributed by atoms with van der Waals surface area (Å²) in [5.74, 6) is 0.153. The predicted octanol–water partition coefficient (Wildman–Crippen LogP) is 2.06. The molecule has 3 rings (SSSR count). The number of unbranched alkanes of at least 4 members (excludes halogenated alkanes) is 1. The van der Waals surface area contributed by atoms with E-state index in [1.54, 1.807) is 6.20 Å². The minimum absolute atomic E-state index is 0.153. The molecule has 1 aromatic heterocycles. The Kier molecular flexibility index (Phi) is 3.69. The van der Waals surface area contributed by atoms with Gasteiger partial charge < -0.3 is 10.2 Å². The quantitative estimate of drug-likeness (QED) is 0.895. The maximum absolute atomic E-state index is 12.3. The van der Waals surface area contributed by atoms with Crippen molar-refractivity contribution in [1.82, 2.24) is 15.5 Å². The van der Waals surface area contributed by atoms with Gasteiger partial charge in [0.15, 0.2) is 0 Å². The second kappa shape index (κ2) is 5.63. The summed E-state index contributed by atoms with van der Waals surface area (Å²) in [6.07, 6.45) is 5.13. The molecule has 106 valence electrons. The number of hydrogen-bond acceptors (Lipinski definition) is 3. The van der Waals surface area contributed by atoms with E-state index in [4.69, 9.17) is 0 Å². The van der Waals surface area contributed by atoms with Crippen LogP contribution in [0.5, 0.6) is 0 Å². The summed E-state index contributed by atoms with van der Waals surface area (Å²) < 4.78 is 0. The third-order valence-electron chi connectivity index (χ3n) is 3.88. The van der Waals surface area contributed by atoms with Crippen molar-refractivity contribution in [3.8, 4) is 0 Å². The van der Waals surface area contributed by atoms with Crippen LogP contribution >= 0.6 is 0 Å². The van der Waals surface area contributed by atoms with Crippen LogP contribution in [-0.2, 0) is 4.79 Å². The number of benzene rings is 1. The number of carbonyl (C=O) groups excluding carboxylic acids is 1. The van der Waals surface area contributed by atoms with Crippen molar-refractivity contribution in [1.29, 1.82) is 0 Å². The molecular weight excluding hydrogens is 252 g/mol. The highest BCUT2D eigenvalue weighted by atomic mass is 16.2. The molecule has 2 aromatic rings. The van der Waals surface area contributed by atoms with E-state index in [-0.39, 0.29) is 11.9 Å². The summed E-state index contributed by atoms with van der Waals surface area (Å²) in [7, 11) is 0. The first-order chi connectivity index (χ1) is 9.79. The molecule has 0 spiro atoms. The molecule has 1 amide bonds. The topological polar surface area (TPSA) is 61.0 Å². The normalized spacial score (nSPS) is 19.8. The fourth-order valence-corrected chi connectivity index (χ4v) is 2.83. The van der Waals surface area contributed by atoms with Crippen LogP contribution in [0.1, 0.15) is 26.2 Å². The number of piperazine rings is 1. The third-order valence-corrected chi connectivity index (χ3v) is 3.88. The molecule has 5 heteroatoms. The van der Waals surface area contributed by atoms with E-state index in [1.165, 1.54) is 0 Å². The van der Waals surface area contributed by atoms with Gasteiger partial charge in [-0.2, -0.15) is 5.10 Å². The lowest BCUT2D eigenvalue weighted by atomic mass is 10.0. The number of rotatable bonds is 4. The number of aromatic amines is 1. The number of amides is 1. The molecule has 5 nitrogen and oxygen atoms in total. The zero-order valence-electron chi connectivity index (χ0n) is 11.7. The molecule has 0 bridgehead atoms. The molecule has 1 saturated heterocycles. The van der Waals surface area contributed by atoms with Crippen LogP contribution in [0.15, 0.2) is 24.4 Å². The summed E-state index contributed by atoms with van der Waals surface area (Å²) in [4.78, 5) is 14.2. The molecule has 1 aliphatic rings. The Hall–Kier alpha value is -1.88. The van der Waals surface area contributed by atoms with Crippen LogP contribution in [0.4, 0.5) is 5.69 Å². The maximum Gasteiger partial charge on any atom is 0.241 e. The zero-order chi connectivity index (χ0) is 13.9. The van der Waals surface area contributed by atoms with Crippen LogP contribution in [0, 0.1) is 0 Å². The summed E-state index contributed by atoms with van der Waals surface area (Å²) in [5.41, 5.74) is 1.98. The van der Waals surface area contributed by atoms with Crippen LogP contribution in [0.25, 0.3) is 10.9 Å². The number of aromatic nitrogens is 2. The average molecular weight is 272 g/mol. The lowest BCUT2D eigenvalue weighted by Gasteiger charge is -2.36. The Morgan fingerprint density at radius 1 is 1.45 bits per heavy atom. The Bertz CT molecular complexity index is 607. The van der Waals surface area contributed by atoms with E-state index in [0.717, 1.165) is 42.4 Å². The lowest BCUT2D eigenvalue weighted by Crippen LogP contribution is -2.55. The molecule has 0 radical (unpaired) electrons. The second-order valence-corrected chi connectivity index (χ2v) is 5.33. The second-order valence-electron chi connectivity index (χ2n) is 5.33. The van der Waals surface area contributed by atoms with Crippen molar-refractivity contribution in [3.05, 3.63) is 24.4 Å². The van der Waals surface area contributed by atoms with Crippen molar-refractivity contribution < 1.29 is 4.79 Å². The van der Waals surface area contributed by atoms with Gasteiger partial charge in [-0.05, 0) is 24.6 Å². The van der Waals surface area contributed by atoms with Crippen LogP contribution in [-0.4, -0.2) is 35.2 Å². The first kappa shape index (κ1) is 13.1. The van der Waals surface area contributed by atoms with Gasteiger partial charge >= 0.3 is 0 Å². The van der Waals surface area contributed by atoms with E-state index in [1.807, 2.05) is 23.1 Å². The number of anilines is 1. The Balaban J connectivity index is 1.91. The van der Waals surface area contributed by atoms with Gasteiger partial charge in [-0.3, -0.25) is 9.89 Å². The summed E-state index contributed by atoms with van der Waals surface area (Å²) in [5, 5.41) is 11.2. The SMILES string of the molecule is CCCCC1CNCC(=O)N1c1ccc2[nH]ncc2c1. The minimum atomic E-state index is 0.153. The van der Waals surface area contributed by atoms with Crippen molar-refractivity contribution in [2.75, 3.05) is 18.0 Å². The predicted molar refractivity (Wildman–Crippen MR) is 79.8 cm³/mol. The number of H-pyrrole nitrogens is 1. The van der Waals surface area contributed by atoms with Crippen LogP contribution in [0.3, 0.4) is 0 Å². The highest BCUT2D eigenvalue weighted by molar-refractivity contribution is 5.98. The minimum Gasteiger partial charge on any atom is -0.307 e. The maximum atomic E-state index is 12.3. The molecule has 0 aliphatic carbocycles. The molecule has 1 fully saturated rings. The van der Waals surface area contributed by atoms with E-state index < -0.39 is 0 Å². The van der Waals surface area contributed by atoms with Gasteiger partial charge in [0.25, 0.3) is 0 Å². The fraction of sp³-hybridized carbons (Fsp3) is 0.467. The van der Waals surface area contributed by atoms with Gasteiger partial charge in [0.2, 0.25) is 5.91 Å². The third kappa shape index (κ3) is 2.41. The number of nitrogens with zero attached hydrogens (tertiary/aromatic N) is 2. The summed E-state index contributed by atoms with van der Waals surface area (Å²) >= 11 is 0. The van der Waals surface area contributed by atoms with Gasteiger partial charge in [0, 0.05) is 23.7 Å². The molecule has 1 unspecified atom stereocenters. The average Bonchev–Trinajstić information content (AvgIpc) is 2.92. The van der Waals surface area contributed by atoms with Gasteiger partial charge in [0.1, 0.15) is 0 Å². The largest absolute Gasteiger partial charge is 0.307 e. The van der Waals surface area contributed by atoms with Crippen molar-refractivity contribution in [3.63, 3.8) is 0 Å². The van der Waals surface area contributed by atoms with Crippen molar-refractivity contribution in [2.45, 2.75) is 32.2 Å². The lowest BCUT2D eigenvalue weighted by molar-refractivity contribution is -0.119. The van der Waals surface area contributed by atoms with E-state index >= 15 is 0 Å². The van der Waals surface area contributed by atoms with Gasteiger partial charge in [-0.25, -0.2) is 0 Å². The number of fused-ring (bicyclic) bond motifs is 1. The highest BCUT2D eigenvalue weighted by Gasteiger charge is 2.28. The van der Waals surface area contributed by atoms with Crippen molar-refractivity contribution in [2.24, 2.45) is 0 Å². The van der Waals surface area contributed by atoms with E-state index in [2.05, 4.69) is 22.4 Å². The number of carbonyl (C=O) groups is 1. The van der Waals surface area contributed by atoms with Crippen molar-refractivity contribution >= 4 is 22.5 Å². The molecule has 2 N–H and O–H groups in total. The summed E-state index contributed by atoms with van der Waals surface area (Å²) in [6, 6.07) is 6.29. The van der Waals surface area contributed by atoms with Gasteiger partial charge in [0.05, 0.1) is 18.3 Å². The Labute approximate surface area is 118 Å². The Morgan fingerprint density at radius 2 is 2.35 bits per heavy atom. The molecule has 1 atom stereocenters. The van der Waals surface area contributed by atoms with Gasteiger partial charge in [-0.15, -0.1) is 0 Å².